The van der Waals surface area contributed by atoms with Gasteiger partial charge in [0.15, 0.2) is 0 Å². The number of carbonyl (C=O) groups is 1. The zero-order valence-electron chi connectivity index (χ0n) is 6.75. The van der Waals surface area contributed by atoms with Crippen molar-refractivity contribution < 1.29 is 14.3 Å². The van der Waals surface area contributed by atoms with Crippen LogP contribution in [0, 0.1) is 0 Å². The number of ether oxygens (including phenoxy) is 2. The minimum atomic E-state index is -0.340. The van der Waals surface area contributed by atoms with Gasteiger partial charge in [-0.3, -0.25) is 4.79 Å². The average Bonchev–Trinajstić information content (AvgIpc) is 2.36. The van der Waals surface area contributed by atoms with Crippen molar-refractivity contribution in [3.05, 3.63) is 0 Å². The summed E-state index contributed by atoms with van der Waals surface area (Å²) in [5, 5.41) is 0. The molecule has 4 heteroatoms. The van der Waals surface area contributed by atoms with Gasteiger partial charge in [0.1, 0.15) is 4.93 Å². The zero-order valence-corrected chi connectivity index (χ0v) is 7.57. The summed E-state index contributed by atoms with van der Waals surface area (Å²) in [6.07, 6.45) is 0.341. The lowest BCUT2D eigenvalue weighted by Gasteiger charge is -2.19. The van der Waals surface area contributed by atoms with Crippen LogP contribution in [-0.4, -0.2) is 30.4 Å². The Bertz CT molecular complexity index is 152. The summed E-state index contributed by atoms with van der Waals surface area (Å²) >= 11 is 1.67. The molecular formula is C7H12O3S. The van der Waals surface area contributed by atoms with E-state index in [2.05, 4.69) is 4.74 Å². The molecule has 11 heavy (non-hydrogen) atoms. The van der Waals surface area contributed by atoms with Crippen LogP contribution in [0.3, 0.4) is 0 Å². The molecule has 3 nitrogen and oxygen atoms in total. The third kappa shape index (κ3) is 2.38. The largest absolute Gasteiger partial charge is 0.469 e. The van der Waals surface area contributed by atoms with Gasteiger partial charge in [-0.2, -0.15) is 0 Å². The predicted molar refractivity (Wildman–Crippen MR) is 43.4 cm³/mol. The predicted octanol–water partition coefficient (Wildman–Crippen LogP) is 1.03. The molecule has 0 aromatic rings. The van der Waals surface area contributed by atoms with Crippen molar-refractivity contribution in [3.63, 3.8) is 0 Å². The molecule has 0 N–H and O–H groups in total. The second kappa shape index (κ2) is 3.45. The lowest BCUT2D eigenvalue weighted by molar-refractivity contribution is -0.143. The van der Waals surface area contributed by atoms with E-state index in [0.29, 0.717) is 6.42 Å². The normalized spacial score (nSPS) is 30.4. The first-order valence-electron chi connectivity index (χ1n) is 3.51. The minimum Gasteiger partial charge on any atom is -0.469 e. The highest BCUT2D eigenvalue weighted by atomic mass is 32.2. The Labute approximate surface area is 70.4 Å². The summed E-state index contributed by atoms with van der Waals surface area (Å²) in [7, 11) is 1.39. The third-order valence-electron chi connectivity index (χ3n) is 1.59. The summed E-state index contributed by atoms with van der Waals surface area (Å²) < 4.78 is 9.92. The van der Waals surface area contributed by atoms with Crippen molar-refractivity contribution in [1.29, 1.82) is 0 Å². The van der Waals surface area contributed by atoms with Crippen LogP contribution >= 0.6 is 11.8 Å². The van der Waals surface area contributed by atoms with Crippen molar-refractivity contribution in [2.45, 2.75) is 18.3 Å². The average molecular weight is 176 g/mol. The first-order valence-corrected chi connectivity index (χ1v) is 4.49. The maximum atomic E-state index is 10.9. The molecule has 1 aliphatic rings. The molecule has 1 fully saturated rings. The van der Waals surface area contributed by atoms with E-state index in [1.807, 2.05) is 6.92 Å². The Morgan fingerprint density at radius 1 is 1.82 bits per heavy atom. The molecule has 0 bridgehead atoms. The van der Waals surface area contributed by atoms with E-state index in [1.165, 1.54) is 7.11 Å². The topological polar surface area (TPSA) is 35.5 Å². The fourth-order valence-corrected chi connectivity index (χ4v) is 1.98. The summed E-state index contributed by atoms with van der Waals surface area (Å²) in [4.78, 5) is 10.5. The molecule has 1 atom stereocenters. The minimum absolute atomic E-state index is 0.207. The van der Waals surface area contributed by atoms with Crippen LogP contribution in [0.1, 0.15) is 13.3 Å². The smallest absolute Gasteiger partial charge is 0.309 e. The zero-order chi connectivity index (χ0) is 8.32. The third-order valence-corrected chi connectivity index (χ3v) is 2.83. The fraction of sp³-hybridized carbons (Fsp3) is 0.857. The number of carbonyl (C=O) groups excluding carboxylic acids is 1. The van der Waals surface area contributed by atoms with Gasteiger partial charge in [-0.25, -0.2) is 0 Å². The van der Waals surface area contributed by atoms with Crippen LogP contribution in [0.25, 0.3) is 0 Å². The van der Waals surface area contributed by atoms with Crippen molar-refractivity contribution in [2.24, 2.45) is 0 Å². The number of hydrogen-bond acceptors (Lipinski definition) is 4. The van der Waals surface area contributed by atoms with Gasteiger partial charge < -0.3 is 9.47 Å². The molecule has 1 rings (SSSR count). The summed E-state index contributed by atoms with van der Waals surface area (Å²) in [5.41, 5.74) is 0. The number of thioether (sulfide) groups is 1. The highest BCUT2D eigenvalue weighted by molar-refractivity contribution is 8.00. The molecule has 0 aromatic heterocycles. The van der Waals surface area contributed by atoms with Gasteiger partial charge in [-0.15, -0.1) is 11.8 Å². The van der Waals surface area contributed by atoms with Crippen molar-refractivity contribution in [1.82, 2.24) is 0 Å². The molecule has 0 aliphatic carbocycles. The number of rotatable bonds is 2. The quantitative estimate of drug-likeness (QED) is 0.589. The molecule has 0 aromatic carbocycles. The number of hydrogen-bond donors (Lipinski definition) is 0. The lowest BCUT2D eigenvalue weighted by Crippen LogP contribution is -2.24. The van der Waals surface area contributed by atoms with Gasteiger partial charge in [0, 0.05) is 5.75 Å². The highest BCUT2D eigenvalue weighted by Gasteiger charge is 2.33. The van der Waals surface area contributed by atoms with E-state index < -0.39 is 0 Å². The van der Waals surface area contributed by atoms with Crippen molar-refractivity contribution >= 4 is 17.7 Å². The first-order chi connectivity index (χ1) is 5.16. The Kier molecular flexibility index (Phi) is 2.78. The molecule has 0 radical (unpaired) electrons. The van der Waals surface area contributed by atoms with Crippen molar-refractivity contribution in [2.75, 3.05) is 19.5 Å². The van der Waals surface area contributed by atoms with Gasteiger partial charge >= 0.3 is 5.97 Å². The Balaban J connectivity index is 2.39. The van der Waals surface area contributed by atoms with E-state index in [0.717, 1.165) is 12.4 Å². The molecular weight excluding hydrogens is 164 g/mol. The Hall–Kier alpha value is -0.220. The van der Waals surface area contributed by atoms with Gasteiger partial charge in [0.25, 0.3) is 0 Å². The van der Waals surface area contributed by atoms with Crippen LogP contribution in [0.4, 0.5) is 0 Å². The number of methoxy groups -OCH3 is 1. The first kappa shape index (κ1) is 8.87. The number of esters is 1. The second-order valence-electron chi connectivity index (χ2n) is 2.58. The fourth-order valence-electron chi connectivity index (χ4n) is 0.993. The summed E-state index contributed by atoms with van der Waals surface area (Å²) in [6.45, 7) is 2.65. The van der Waals surface area contributed by atoms with E-state index in [4.69, 9.17) is 4.74 Å². The van der Waals surface area contributed by atoms with Crippen LogP contribution < -0.4 is 0 Å². The maximum Gasteiger partial charge on any atom is 0.309 e. The van der Waals surface area contributed by atoms with E-state index >= 15 is 0 Å². The molecule has 0 amide bonds. The highest BCUT2D eigenvalue weighted by Crippen LogP contribution is 2.35. The van der Waals surface area contributed by atoms with Gasteiger partial charge in [-0.05, 0) is 6.92 Å². The summed E-state index contributed by atoms with van der Waals surface area (Å²) in [6, 6.07) is 0. The molecule has 1 aliphatic heterocycles. The standard InChI is InChI=1S/C7H12O3S/c1-7(5-6(8)9-2)10-3-4-11-7/h3-5H2,1-2H3. The van der Waals surface area contributed by atoms with E-state index in [-0.39, 0.29) is 10.9 Å². The van der Waals surface area contributed by atoms with Gasteiger partial charge in [-0.1, -0.05) is 0 Å². The SMILES string of the molecule is COC(=O)CC1(C)OCCS1. The molecule has 1 heterocycles. The second-order valence-corrected chi connectivity index (χ2v) is 4.14. The molecule has 0 spiro atoms. The monoisotopic (exact) mass is 176 g/mol. The lowest BCUT2D eigenvalue weighted by atomic mass is 10.3. The molecule has 1 unspecified atom stereocenters. The molecule has 1 saturated heterocycles. The van der Waals surface area contributed by atoms with Crippen molar-refractivity contribution in [3.8, 4) is 0 Å². The van der Waals surface area contributed by atoms with Crippen LogP contribution in [0.5, 0.6) is 0 Å². The van der Waals surface area contributed by atoms with E-state index in [9.17, 15) is 4.79 Å². The molecule has 0 saturated carbocycles. The summed E-state index contributed by atoms with van der Waals surface area (Å²) in [5.74, 6) is 0.759. The maximum absolute atomic E-state index is 10.9. The molecule has 64 valence electrons. The van der Waals surface area contributed by atoms with E-state index in [1.54, 1.807) is 11.8 Å². The Morgan fingerprint density at radius 3 is 3.00 bits per heavy atom. The van der Waals surface area contributed by atoms with Gasteiger partial charge in [0.05, 0.1) is 20.1 Å². The Morgan fingerprint density at radius 2 is 2.55 bits per heavy atom. The van der Waals surface area contributed by atoms with Crippen LogP contribution in [-0.2, 0) is 14.3 Å². The van der Waals surface area contributed by atoms with Crippen LogP contribution in [0.15, 0.2) is 0 Å². The van der Waals surface area contributed by atoms with Crippen LogP contribution in [0.2, 0.25) is 0 Å². The van der Waals surface area contributed by atoms with Gasteiger partial charge in [0.2, 0.25) is 0 Å².